The smallest absolute Gasteiger partial charge is 0.419 e. The molecule has 1 aromatic rings. The molecule has 0 aliphatic carbocycles. The van der Waals surface area contributed by atoms with Crippen LogP contribution < -0.4 is 15.8 Å². The number of hydrazine groups is 1. The molecule has 1 aromatic carbocycles. The summed E-state index contributed by atoms with van der Waals surface area (Å²) in [6, 6.07) is 1.43. The lowest BCUT2D eigenvalue weighted by Crippen LogP contribution is -2.67. The van der Waals surface area contributed by atoms with E-state index in [1.54, 1.807) is 6.20 Å². The number of sulfonamides is 1. The molecule has 33 heavy (non-hydrogen) atoms. The highest BCUT2D eigenvalue weighted by Crippen LogP contribution is 2.39. The molecule has 2 unspecified atom stereocenters. The molecule has 0 spiro atoms. The molecule has 8 nitrogen and oxygen atoms in total. The molecule has 0 radical (unpaired) electrons. The Morgan fingerprint density at radius 3 is 2.52 bits per heavy atom. The van der Waals surface area contributed by atoms with E-state index in [-0.39, 0.29) is 17.9 Å². The summed E-state index contributed by atoms with van der Waals surface area (Å²) in [5.74, 6) is -2.77. The Balaban J connectivity index is 1.53. The van der Waals surface area contributed by atoms with Gasteiger partial charge in [0.05, 0.1) is 29.7 Å². The fraction of sp³-hybridized carbons (Fsp3) is 0.600. The number of piperidine rings is 1. The molecular formula is C20H27F4N5O3S. The van der Waals surface area contributed by atoms with Crippen LogP contribution in [0.15, 0.2) is 23.9 Å². The first-order valence-electron chi connectivity index (χ1n) is 10.5. The first-order chi connectivity index (χ1) is 15.2. The summed E-state index contributed by atoms with van der Waals surface area (Å²) < 4.78 is 78.7. The molecule has 0 aromatic heterocycles. The fourth-order valence-electron chi connectivity index (χ4n) is 4.76. The number of alkyl halides is 3. The van der Waals surface area contributed by atoms with Gasteiger partial charge in [-0.2, -0.15) is 17.5 Å². The van der Waals surface area contributed by atoms with Gasteiger partial charge >= 0.3 is 6.18 Å². The van der Waals surface area contributed by atoms with Crippen LogP contribution in [0.2, 0.25) is 0 Å². The highest BCUT2D eigenvalue weighted by molar-refractivity contribution is 7.88. The lowest BCUT2D eigenvalue weighted by molar-refractivity contribution is -0.140. The van der Waals surface area contributed by atoms with Crippen LogP contribution in [0.3, 0.4) is 0 Å². The molecular weight excluding hydrogens is 466 g/mol. The zero-order valence-electron chi connectivity index (χ0n) is 18.4. The number of phenols is 1. The number of hydrogen-bond acceptors (Lipinski definition) is 7. The predicted molar refractivity (Wildman–Crippen MR) is 114 cm³/mol. The van der Waals surface area contributed by atoms with Gasteiger partial charge in [-0.1, -0.05) is 0 Å². The molecule has 0 bridgehead atoms. The minimum Gasteiger partial charge on any atom is -0.505 e. The monoisotopic (exact) mass is 493 g/mol. The second kappa shape index (κ2) is 8.08. The number of aromatic hydroxyl groups is 1. The largest absolute Gasteiger partial charge is 0.505 e. The molecule has 3 heterocycles. The third-order valence-corrected chi connectivity index (χ3v) is 7.67. The summed E-state index contributed by atoms with van der Waals surface area (Å²) in [7, 11) is -3.29. The number of phenolic OH excluding ortho intramolecular Hbond substituents is 1. The normalized spacial score (nSPS) is 26.9. The third kappa shape index (κ3) is 4.69. The van der Waals surface area contributed by atoms with Crippen molar-refractivity contribution >= 4 is 15.7 Å². The minimum atomic E-state index is -4.94. The lowest BCUT2D eigenvalue weighted by Gasteiger charge is -2.51. The molecule has 184 valence electrons. The van der Waals surface area contributed by atoms with Gasteiger partial charge in [0.1, 0.15) is 0 Å². The molecule has 0 amide bonds. The number of anilines is 1. The first kappa shape index (κ1) is 24.2. The molecule has 13 heteroatoms. The number of fused-ring (bicyclic) bond motifs is 1. The number of nitrogens with zero attached hydrogens (tertiary/aromatic N) is 3. The van der Waals surface area contributed by atoms with Crippen molar-refractivity contribution in [3.05, 3.63) is 35.3 Å². The topological polar surface area (TPSA) is 88.2 Å². The maximum atomic E-state index is 13.8. The molecule has 2 atom stereocenters. The van der Waals surface area contributed by atoms with Gasteiger partial charge in [-0.3, -0.25) is 15.2 Å². The Hall–Kier alpha value is -1.93. The average molecular weight is 494 g/mol. The van der Waals surface area contributed by atoms with Gasteiger partial charge in [0.15, 0.2) is 11.6 Å². The van der Waals surface area contributed by atoms with Crippen LogP contribution in [0.5, 0.6) is 5.75 Å². The highest BCUT2D eigenvalue weighted by atomic mass is 32.2. The van der Waals surface area contributed by atoms with Gasteiger partial charge in [0.2, 0.25) is 10.0 Å². The van der Waals surface area contributed by atoms with Crippen molar-refractivity contribution in [2.45, 2.75) is 44.2 Å². The minimum absolute atomic E-state index is 0.0261. The van der Waals surface area contributed by atoms with Crippen molar-refractivity contribution in [1.29, 1.82) is 0 Å². The summed E-state index contributed by atoms with van der Waals surface area (Å²) in [4.78, 5) is 2.21. The Kier molecular flexibility index (Phi) is 5.93. The van der Waals surface area contributed by atoms with Crippen LogP contribution in [0.4, 0.5) is 23.2 Å². The van der Waals surface area contributed by atoms with Gasteiger partial charge < -0.3 is 5.11 Å². The third-order valence-electron chi connectivity index (χ3n) is 6.42. The Morgan fingerprint density at radius 2 is 1.91 bits per heavy atom. The van der Waals surface area contributed by atoms with Gasteiger partial charge in [0.25, 0.3) is 0 Å². The van der Waals surface area contributed by atoms with Crippen LogP contribution in [-0.4, -0.2) is 72.9 Å². The second-order valence-electron chi connectivity index (χ2n) is 9.31. The number of halogens is 4. The van der Waals surface area contributed by atoms with Crippen molar-refractivity contribution in [2.24, 2.45) is 0 Å². The van der Waals surface area contributed by atoms with E-state index in [0.29, 0.717) is 38.7 Å². The maximum absolute atomic E-state index is 13.8. The summed E-state index contributed by atoms with van der Waals surface area (Å²) in [5.41, 5.74) is 2.03. The number of piperazine rings is 1. The number of nitrogens with one attached hydrogen (secondary N) is 2. The van der Waals surface area contributed by atoms with E-state index < -0.39 is 38.9 Å². The molecule has 0 saturated carbocycles. The number of rotatable bonds is 3. The summed E-state index contributed by atoms with van der Waals surface area (Å²) in [6.45, 7) is 5.72. The van der Waals surface area contributed by atoms with Gasteiger partial charge in [-0.05, 0) is 25.5 Å². The van der Waals surface area contributed by atoms with Gasteiger partial charge in [-0.15, -0.1) is 0 Å². The van der Waals surface area contributed by atoms with E-state index in [1.807, 2.05) is 13.8 Å². The molecule has 2 fully saturated rings. The molecule has 3 N–H and O–H groups in total. The number of benzene rings is 1. The van der Waals surface area contributed by atoms with Crippen LogP contribution >= 0.6 is 0 Å². The molecule has 4 rings (SSSR count). The Bertz CT molecular complexity index is 1080. The maximum Gasteiger partial charge on any atom is 0.419 e. The standard InChI is InChI=1S/C20H27F4N5O3S/c1-19(2)11-27(33(3,31)32)4-5-28(19)17-6-12-10-29(26-15(12)9-25-17)13-7-14(20(22,23)24)18(21)16(30)8-13/h7-8,10,15,17,25-26,30H,4-6,9,11H2,1-3H3. The SMILES string of the molecule is CC1(C)CN(S(C)(=O)=O)CCN1C1CC2=CN(c3cc(O)c(F)c(C(F)(F)F)c3)NC2CN1. The second-order valence-corrected chi connectivity index (χ2v) is 11.3. The van der Waals surface area contributed by atoms with Crippen LogP contribution in [0, 0.1) is 5.82 Å². The Labute approximate surface area is 189 Å². The summed E-state index contributed by atoms with van der Waals surface area (Å²) in [5, 5.41) is 14.5. The van der Waals surface area contributed by atoms with E-state index in [1.165, 1.54) is 15.6 Å². The molecule has 2 saturated heterocycles. The van der Waals surface area contributed by atoms with Crippen molar-refractivity contribution in [3.63, 3.8) is 0 Å². The quantitative estimate of drug-likeness (QED) is 0.554. The van der Waals surface area contributed by atoms with Crippen molar-refractivity contribution < 1.29 is 31.1 Å². The summed E-state index contributed by atoms with van der Waals surface area (Å²) in [6.07, 6.45) is -1.59. The summed E-state index contributed by atoms with van der Waals surface area (Å²) >= 11 is 0. The van der Waals surface area contributed by atoms with Gasteiger partial charge in [-0.25, -0.2) is 18.2 Å². The highest BCUT2D eigenvalue weighted by Gasteiger charge is 2.43. The number of hydrogen-bond donors (Lipinski definition) is 3. The average Bonchev–Trinajstić information content (AvgIpc) is 3.10. The Morgan fingerprint density at radius 1 is 1.21 bits per heavy atom. The van der Waals surface area contributed by atoms with Crippen LogP contribution in [0.1, 0.15) is 25.8 Å². The van der Waals surface area contributed by atoms with E-state index >= 15 is 0 Å². The van der Waals surface area contributed by atoms with E-state index in [4.69, 9.17) is 0 Å². The van der Waals surface area contributed by atoms with Crippen LogP contribution in [0.25, 0.3) is 0 Å². The van der Waals surface area contributed by atoms with Gasteiger partial charge in [0, 0.05) is 50.4 Å². The van der Waals surface area contributed by atoms with Crippen molar-refractivity contribution in [2.75, 3.05) is 37.4 Å². The predicted octanol–water partition coefficient (Wildman–Crippen LogP) is 1.80. The lowest BCUT2D eigenvalue weighted by atomic mass is 9.94. The van der Waals surface area contributed by atoms with Crippen molar-refractivity contribution in [3.8, 4) is 5.75 Å². The zero-order chi connectivity index (χ0) is 24.3. The molecule has 3 aliphatic rings. The van der Waals surface area contributed by atoms with E-state index in [9.17, 15) is 31.1 Å². The zero-order valence-corrected chi connectivity index (χ0v) is 19.3. The fourth-order valence-corrected chi connectivity index (χ4v) is 5.72. The molecule has 3 aliphatic heterocycles. The van der Waals surface area contributed by atoms with E-state index in [2.05, 4.69) is 15.6 Å². The van der Waals surface area contributed by atoms with Crippen LogP contribution in [-0.2, 0) is 16.2 Å². The first-order valence-corrected chi connectivity index (χ1v) is 12.3. The van der Waals surface area contributed by atoms with Crippen molar-refractivity contribution in [1.82, 2.24) is 19.9 Å². The van der Waals surface area contributed by atoms with E-state index in [0.717, 1.165) is 11.6 Å².